The summed E-state index contributed by atoms with van der Waals surface area (Å²) in [5.41, 5.74) is 0.303. The van der Waals surface area contributed by atoms with E-state index in [1.807, 2.05) is 20.8 Å². The zero-order chi connectivity index (χ0) is 14.0. The normalized spacial score (nSPS) is 12.2. The summed E-state index contributed by atoms with van der Waals surface area (Å²) in [5.74, 6) is -0.158. The number of hydrogen-bond donors (Lipinski definition) is 2. The number of amides is 1. The molecule has 1 aromatic carbocycles. The van der Waals surface area contributed by atoms with Crippen LogP contribution in [0.4, 0.5) is 5.69 Å². The number of nitrogens with two attached hydrogens (primary N) is 1. The van der Waals surface area contributed by atoms with Gasteiger partial charge in [-0.2, -0.15) is 0 Å². The molecule has 0 unspecified atom stereocenters. The first-order chi connectivity index (χ1) is 8.08. The van der Waals surface area contributed by atoms with E-state index in [4.69, 9.17) is 5.14 Å². The van der Waals surface area contributed by atoms with Crippen LogP contribution in [0.5, 0.6) is 0 Å². The van der Waals surface area contributed by atoms with Crippen LogP contribution in [0.15, 0.2) is 29.2 Å². The highest BCUT2D eigenvalue weighted by molar-refractivity contribution is 7.89. The highest BCUT2D eigenvalue weighted by atomic mass is 32.2. The lowest BCUT2D eigenvalue weighted by Gasteiger charge is -2.17. The highest BCUT2D eigenvalue weighted by Crippen LogP contribution is 2.20. The second kappa shape index (κ2) is 5.07. The Morgan fingerprint density at radius 3 is 2.44 bits per heavy atom. The van der Waals surface area contributed by atoms with Gasteiger partial charge in [-0.25, -0.2) is 13.6 Å². The standard InChI is InChI=1S/C12H18N2O3S/c1-12(2,3)8-11(15)14-9-5-4-6-10(7-9)18(13,16)17/h4-7H,8H2,1-3H3,(H,14,15)(H2,13,16,17). The summed E-state index contributed by atoms with van der Waals surface area (Å²) >= 11 is 0. The summed E-state index contributed by atoms with van der Waals surface area (Å²) in [6, 6.07) is 5.88. The second-order valence-corrected chi connectivity index (χ2v) is 6.92. The molecule has 0 spiro atoms. The Morgan fingerprint density at radius 2 is 1.94 bits per heavy atom. The van der Waals surface area contributed by atoms with Gasteiger partial charge in [0.15, 0.2) is 0 Å². The monoisotopic (exact) mass is 270 g/mol. The van der Waals surface area contributed by atoms with Gasteiger partial charge in [-0.1, -0.05) is 26.8 Å². The molecular weight excluding hydrogens is 252 g/mol. The summed E-state index contributed by atoms with van der Waals surface area (Å²) in [4.78, 5) is 11.7. The molecule has 0 heterocycles. The van der Waals surface area contributed by atoms with Gasteiger partial charge in [0.25, 0.3) is 0 Å². The summed E-state index contributed by atoms with van der Waals surface area (Å²) < 4.78 is 22.3. The average Bonchev–Trinajstić information content (AvgIpc) is 2.13. The van der Waals surface area contributed by atoms with Gasteiger partial charge in [-0.15, -0.1) is 0 Å². The van der Waals surface area contributed by atoms with Crippen LogP contribution in [0.25, 0.3) is 0 Å². The molecule has 1 rings (SSSR count). The number of hydrogen-bond acceptors (Lipinski definition) is 3. The Hall–Kier alpha value is -1.40. The van der Waals surface area contributed by atoms with Gasteiger partial charge in [0.05, 0.1) is 4.90 Å². The quantitative estimate of drug-likeness (QED) is 0.876. The van der Waals surface area contributed by atoms with Gasteiger partial charge >= 0.3 is 0 Å². The molecule has 0 bridgehead atoms. The molecule has 0 aromatic heterocycles. The number of nitrogens with one attached hydrogen (secondary N) is 1. The Morgan fingerprint density at radius 1 is 1.33 bits per heavy atom. The Kier molecular flexibility index (Phi) is 4.13. The van der Waals surface area contributed by atoms with Crippen molar-refractivity contribution in [1.29, 1.82) is 0 Å². The molecule has 3 N–H and O–H groups in total. The predicted octanol–water partition coefficient (Wildman–Crippen LogP) is 1.71. The predicted molar refractivity (Wildman–Crippen MR) is 70.5 cm³/mol. The zero-order valence-corrected chi connectivity index (χ0v) is 11.5. The zero-order valence-electron chi connectivity index (χ0n) is 10.7. The van der Waals surface area contributed by atoms with Crippen LogP contribution < -0.4 is 10.5 Å². The summed E-state index contributed by atoms with van der Waals surface area (Å²) in [7, 11) is -3.75. The first-order valence-electron chi connectivity index (χ1n) is 5.51. The van der Waals surface area contributed by atoms with Crippen molar-refractivity contribution < 1.29 is 13.2 Å². The molecule has 0 fully saturated rings. The molecule has 100 valence electrons. The highest BCUT2D eigenvalue weighted by Gasteiger charge is 2.16. The van der Waals surface area contributed by atoms with Crippen molar-refractivity contribution in [3.05, 3.63) is 24.3 Å². The van der Waals surface area contributed by atoms with Crippen LogP contribution in [-0.2, 0) is 14.8 Å². The minimum Gasteiger partial charge on any atom is -0.326 e. The van der Waals surface area contributed by atoms with Crippen molar-refractivity contribution in [2.24, 2.45) is 10.6 Å². The molecule has 1 aromatic rings. The van der Waals surface area contributed by atoms with Crippen molar-refractivity contribution in [2.75, 3.05) is 5.32 Å². The van der Waals surface area contributed by atoms with E-state index in [1.54, 1.807) is 6.07 Å². The molecule has 0 atom stereocenters. The Bertz CT molecular complexity index is 545. The van der Waals surface area contributed by atoms with E-state index in [1.165, 1.54) is 18.2 Å². The van der Waals surface area contributed by atoms with Gasteiger partial charge in [0.1, 0.15) is 0 Å². The van der Waals surface area contributed by atoms with Crippen molar-refractivity contribution in [3.8, 4) is 0 Å². The number of benzene rings is 1. The lowest BCUT2D eigenvalue weighted by atomic mass is 9.92. The van der Waals surface area contributed by atoms with Crippen molar-refractivity contribution >= 4 is 21.6 Å². The van der Waals surface area contributed by atoms with E-state index >= 15 is 0 Å². The van der Waals surface area contributed by atoms with Gasteiger partial charge in [0, 0.05) is 12.1 Å². The third-order valence-corrected chi connectivity index (χ3v) is 3.05. The topological polar surface area (TPSA) is 89.3 Å². The molecule has 0 saturated carbocycles. The van der Waals surface area contributed by atoms with Crippen LogP contribution in [0.3, 0.4) is 0 Å². The van der Waals surface area contributed by atoms with E-state index in [0.717, 1.165) is 0 Å². The first kappa shape index (κ1) is 14.7. The van der Waals surface area contributed by atoms with Crippen molar-refractivity contribution in [1.82, 2.24) is 0 Å². The molecular formula is C12H18N2O3S. The first-order valence-corrected chi connectivity index (χ1v) is 7.05. The molecule has 0 saturated heterocycles. The van der Waals surface area contributed by atoms with Gasteiger partial charge in [0.2, 0.25) is 15.9 Å². The molecule has 0 radical (unpaired) electrons. The average molecular weight is 270 g/mol. The lowest BCUT2D eigenvalue weighted by molar-refractivity contribution is -0.117. The number of primary sulfonamides is 1. The number of sulfonamides is 1. The van der Waals surface area contributed by atoms with Crippen LogP contribution in [0.2, 0.25) is 0 Å². The third-order valence-electron chi connectivity index (χ3n) is 2.14. The van der Waals surface area contributed by atoms with E-state index in [-0.39, 0.29) is 16.2 Å². The number of anilines is 1. The largest absolute Gasteiger partial charge is 0.326 e. The fourth-order valence-electron chi connectivity index (χ4n) is 1.44. The van der Waals surface area contributed by atoms with Gasteiger partial charge in [-0.3, -0.25) is 4.79 Å². The fourth-order valence-corrected chi connectivity index (χ4v) is 2.00. The summed E-state index contributed by atoms with van der Waals surface area (Å²) in [6.45, 7) is 5.86. The van der Waals surface area contributed by atoms with Crippen LogP contribution >= 0.6 is 0 Å². The second-order valence-electron chi connectivity index (χ2n) is 5.36. The molecule has 0 aliphatic rings. The van der Waals surface area contributed by atoms with E-state index in [2.05, 4.69) is 5.32 Å². The molecule has 6 heteroatoms. The molecule has 5 nitrogen and oxygen atoms in total. The van der Waals surface area contributed by atoms with E-state index < -0.39 is 10.0 Å². The maximum Gasteiger partial charge on any atom is 0.238 e. The molecule has 1 amide bonds. The molecule has 18 heavy (non-hydrogen) atoms. The van der Waals surface area contributed by atoms with Gasteiger partial charge in [-0.05, 0) is 23.6 Å². The minimum absolute atomic E-state index is 0.0175. The summed E-state index contributed by atoms with van der Waals surface area (Å²) in [6.07, 6.45) is 0.354. The SMILES string of the molecule is CC(C)(C)CC(=O)Nc1cccc(S(N)(=O)=O)c1. The minimum atomic E-state index is -3.75. The maximum absolute atomic E-state index is 11.7. The van der Waals surface area contributed by atoms with Gasteiger partial charge < -0.3 is 5.32 Å². The van der Waals surface area contributed by atoms with Crippen LogP contribution in [0, 0.1) is 5.41 Å². The Labute approximate surface area is 107 Å². The van der Waals surface area contributed by atoms with Crippen molar-refractivity contribution in [2.45, 2.75) is 32.1 Å². The fraction of sp³-hybridized carbons (Fsp3) is 0.417. The smallest absolute Gasteiger partial charge is 0.238 e. The lowest BCUT2D eigenvalue weighted by Crippen LogP contribution is -2.20. The maximum atomic E-state index is 11.7. The Balaban J connectivity index is 2.84. The number of carbonyl (C=O) groups excluding carboxylic acids is 1. The van der Waals surface area contributed by atoms with E-state index in [0.29, 0.717) is 12.1 Å². The number of rotatable bonds is 3. The molecule has 0 aliphatic heterocycles. The van der Waals surface area contributed by atoms with Crippen LogP contribution in [0.1, 0.15) is 27.2 Å². The van der Waals surface area contributed by atoms with E-state index in [9.17, 15) is 13.2 Å². The van der Waals surface area contributed by atoms with Crippen LogP contribution in [-0.4, -0.2) is 14.3 Å². The third kappa shape index (κ3) is 4.85. The summed E-state index contributed by atoms with van der Waals surface area (Å²) in [5, 5.41) is 7.67. The molecule has 0 aliphatic carbocycles. The van der Waals surface area contributed by atoms with Crippen molar-refractivity contribution in [3.63, 3.8) is 0 Å². The number of carbonyl (C=O) groups is 1.